The second-order valence-electron chi connectivity index (χ2n) is 2.21. The highest BCUT2D eigenvalue weighted by atomic mass is 31.2. The first-order chi connectivity index (χ1) is 5.72. The number of likely N-dealkylation sites (N-methyl/N-ethyl adjacent to an activating group) is 1. The Morgan fingerprint density at radius 1 is 1.77 bits per heavy atom. The highest BCUT2D eigenvalue weighted by Crippen LogP contribution is 2.31. The summed E-state index contributed by atoms with van der Waals surface area (Å²) in [4.78, 5) is 19.4. The van der Waals surface area contributed by atoms with Crippen LogP contribution in [0.2, 0.25) is 0 Å². The Labute approximate surface area is 74.0 Å². The van der Waals surface area contributed by atoms with Gasteiger partial charge in [0.25, 0.3) is 6.02 Å². The monoisotopic (exact) mass is 211 g/mol. The molecule has 0 aromatic heterocycles. The van der Waals surface area contributed by atoms with Crippen LogP contribution in [0.5, 0.6) is 0 Å². The fourth-order valence-corrected chi connectivity index (χ4v) is 0.855. The van der Waals surface area contributed by atoms with Crippen molar-refractivity contribution in [1.29, 1.82) is 5.41 Å². The normalized spacial score (nSPS) is 14.4. The Kier molecular flexibility index (Phi) is 3.86. The smallest absolute Gasteiger partial charge is 0.455 e. The summed E-state index contributed by atoms with van der Waals surface area (Å²) in [5, 5.41) is 15.2. The molecule has 5 N–H and O–H groups in total. The number of hydrogen-bond donors (Lipinski definition) is 4. The van der Waals surface area contributed by atoms with Crippen molar-refractivity contribution in [2.24, 2.45) is 5.50 Å². The number of rotatable bonds is 3. The maximum Gasteiger partial charge on any atom is 0.455 e. The lowest BCUT2D eigenvalue weighted by Gasteiger charge is -2.17. The van der Waals surface area contributed by atoms with Crippen molar-refractivity contribution in [3.63, 3.8) is 0 Å². The van der Waals surface area contributed by atoms with Crippen LogP contribution in [0.1, 0.15) is 0 Å². The van der Waals surface area contributed by atoms with Gasteiger partial charge in [0, 0.05) is 7.05 Å². The molecule has 1 atom stereocenters. The number of hydrogen-bond acceptors (Lipinski definition) is 4. The van der Waals surface area contributed by atoms with E-state index in [1.165, 1.54) is 7.05 Å². The fraction of sp³-hybridized carbons (Fsp3) is 0.500. The number of carboxylic acid groups (broad SMARTS) is 1. The molecule has 0 aliphatic rings. The van der Waals surface area contributed by atoms with Crippen molar-refractivity contribution in [2.45, 2.75) is 0 Å². The van der Waals surface area contributed by atoms with Crippen LogP contribution in [0.25, 0.3) is 0 Å². The molecule has 9 heteroatoms. The van der Waals surface area contributed by atoms with E-state index in [2.05, 4.69) is 10.0 Å². The molecular formula is C4H10N3O5P. The molecule has 0 bridgehead atoms. The summed E-state index contributed by atoms with van der Waals surface area (Å²) in [6.45, 7) is -0.515. The summed E-state index contributed by atoms with van der Waals surface area (Å²) < 4.78 is 14.4. The predicted octanol–water partition coefficient (Wildman–Crippen LogP) is -0.987. The molecule has 1 unspecified atom stereocenters. The van der Waals surface area contributed by atoms with Gasteiger partial charge in [0.1, 0.15) is 6.54 Å². The number of nitrogens with one attached hydrogen (secondary N) is 1. The molecule has 0 saturated carbocycles. The minimum Gasteiger partial charge on any atom is -0.480 e. The number of nitrogens with two attached hydrogens (primary N) is 1. The molecule has 8 nitrogen and oxygen atoms in total. The van der Waals surface area contributed by atoms with E-state index in [9.17, 15) is 9.36 Å². The van der Waals surface area contributed by atoms with Gasteiger partial charge in [-0.15, -0.1) is 0 Å². The van der Waals surface area contributed by atoms with Crippen molar-refractivity contribution in [1.82, 2.24) is 4.90 Å². The highest BCUT2D eigenvalue weighted by molar-refractivity contribution is 7.50. The van der Waals surface area contributed by atoms with Crippen LogP contribution in [-0.4, -0.2) is 40.5 Å². The number of amidine groups is 1. The van der Waals surface area contributed by atoms with Crippen molar-refractivity contribution in [2.75, 3.05) is 13.6 Å². The van der Waals surface area contributed by atoms with Crippen LogP contribution < -0.4 is 5.50 Å². The van der Waals surface area contributed by atoms with E-state index >= 15 is 0 Å². The zero-order chi connectivity index (χ0) is 10.6. The van der Waals surface area contributed by atoms with Crippen molar-refractivity contribution < 1.29 is 23.9 Å². The van der Waals surface area contributed by atoms with Gasteiger partial charge in [0.15, 0.2) is 0 Å². The summed E-state index contributed by atoms with van der Waals surface area (Å²) in [7, 11) is -3.06. The number of aliphatic carboxylic acids is 1. The summed E-state index contributed by atoms with van der Waals surface area (Å²) in [6.07, 6.45) is 0. The standard InChI is InChI=1S/C4H10N3O5P/c1-7(2-3(8)9)4(5)12-13(6,10)11/h5H,2H2,1H3,(H,8,9)(H3,6,10,11). The Morgan fingerprint density at radius 3 is 2.54 bits per heavy atom. The van der Waals surface area contributed by atoms with Crippen LogP contribution in [0.4, 0.5) is 0 Å². The van der Waals surface area contributed by atoms with E-state index in [1.807, 2.05) is 0 Å². The van der Waals surface area contributed by atoms with Gasteiger partial charge in [0.2, 0.25) is 0 Å². The van der Waals surface area contributed by atoms with Gasteiger partial charge < -0.3 is 19.4 Å². The van der Waals surface area contributed by atoms with E-state index in [0.29, 0.717) is 0 Å². The summed E-state index contributed by atoms with van der Waals surface area (Å²) >= 11 is 0. The van der Waals surface area contributed by atoms with Crippen molar-refractivity contribution in [3.8, 4) is 0 Å². The molecule has 0 aliphatic carbocycles. The first-order valence-electron chi connectivity index (χ1n) is 3.05. The Balaban J connectivity index is 4.12. The van der Waals surface area contributed by atoms with Gasteiger partial charge in [-0.05, 0) is 0 Å². The SMILES string of the molecule is CN(CC(=O)O)C(=N)OP(N)(=O)O. The molecular weight excluding hydrogens is 201 g/mol. The molecule has 0 saturated heterocycles. The molecule has 0 aliphatic heterocycles. The molecule has 0 fully saturated rings. The van der Waals surface area contributed by atoms with Gasteiger partial charge >= 0.3 is 13.7 Å². The van der Waals surface area contributed by atoms with Crippen molar-refractivity contribution >= 4 is 19.7 Å². The average Bonchev–Trinajstić information content (AvgIpc) is 1.81. The Morgan fingerprint density at radius 2 is 2.23 bits per heavy atom. The van der Waals surface area contributed by atoms with Gasteiger partial charge in [-0.25, -0.2) is 10.1 Å². The van der Waals surface area contributed by atoms with Crippen LogP contribution in [0, 0.1) is 5.41 Å². The van der Waals surface area contributed by atoms with E-state index < -0.39 is 26.3 Å². The zero-order valence-electron chi connectivity index (χ0n) is 6.80. The molecule has 76 valence electrons. The molecule has 0 aromatic rings. The minimum atomic E-state index is -4.28. The quantitative estimate of drug-likeness (QED) is 0.267. The predicted molar refractivity (Wildman–Crippen MR) is 43.1 cm³/mol. The van der Waals surface area contributed by atoms with Crippen LogP contribution in [-0.2, 0) is 13.9 Å². The molecule has 13 heavy (non-hydrogen) atoms. The van der Waals surface area contributed by atoms with Crippen molar-refractivity contribution in [3.05, 3.63) is 0 Å². The first-order valence-corrected chi connectivity index (χ1v) is 4.69. The van der Waals surface area contributed by atoms with E-state index in [0.717, 1.165) is 4.90 Å². The van der Waals surface area contributed by atoms with E-state index in [4.69, 9.17) is 15.4 Å². The number of carboxylic acids is 1. The van der Waals surface area contributed by atoms with E-state index in [1.54, 1.807) is 0 Å². The highest BCUT2D eigenvalue weighted by Gasteiger charge is 2.19. The van der Waals surface area contributed by atoms with Gasteiger partial charge in [-0.1, -0.05) is 0 Å². The zero-order valence-corrected chi connectivity index (χ0v) is 7.69. The number of carbonyl (C=O) groups is 1. The topological polar surface area (TPSA) is 137 Å². The summed E-state index contributed by atoms with van der Waals surface area (Å²) in [5.41, 5.74) is 4.58. The minimum absolute atomic E-state index is 0.515. The maximum atomic E-state index is 10.4. The third-order valence-electron chi connectivity index (χ3n) is 0.936. The largest absolute Gasteiger partial charge is 0.480 e. The summed E-state index contributed by atoms with van der Waals surface area (Å²) in [6, 6.07) is -0.768. The maximum absolute atomic E-state index is 10.4. The third-order valence-corrected chi connectivity index (χ3v) is 1.37. The molecule has 0 spiro atoms. The van der Waals surface area contributed by atoms with Crippen LogP contribution in [0.3, 0.4) is 0 Å². The summed E-state index contributed by atoms with van der Waals surface area (Å²) in [5.74, 6) is -1.19. The molecule has 0 radical (unpaired) electrons. The molecule has 0 aromatic carbocycles. The second-order valence-corrected chi connectivity index (χ2v) is 3.52. The number of nitrogens with zero attached hydrogens (tertiary/aromatic N) is 1. The third kappa shape index (κ3) is 6.09. The van der Waals surface area contributed by atoms with Gasteiger partial charge in [-0.2, -0.15) is 0 Å². The van der Waals surface area contributed by atoms with Crippen LogP contribution >= 0.6 is 7.75 Å². The molecule has 0 amide bonds. The first kappa shape index (κ1) is 11.9. The van der Waals surface area contributed by atoms with Gasteiger partial charge in [0.05, 0.1) is 0 Å². The molecule has 0 heterocycles. The Bertz CT molecular complexity index is 261. The van der Waals surface area contributed by atoms with Crippen LogP contribution in [0.15, 0.2) is 0 Å². The lowest BCUT2D eigenvalue weighted by Crippen LogP contribution is -2.32. The molecule has 0 rings (SSSR count). The Hall–Kier alpha value is -1.11. The fourth-order valence-electron chi connectivity index (χ4n) is 0.468. The lowest BCUT2D eigenvalue weighted by molar-refractivity contribution is -0.137. The average molecular weight is 211 g/mol. The second kappa shape index (κ2) is 4.22. The van der Waals surface area contributed by atoms with Gasteiger partial charge in [-0.3, -0.25) is 10.2 Å². The van der Waals surface area contributed by atoms with E-state index in [-0.39, 0.29) is 0 Å². The lowest BCUT2D eigenvalue weighted by atomic mass is 10.6.